The molecule has 1 aliphatic rings. The largest absolute Gasteiger partial charge is 0.488 e. The summed E-state index contributed by atoms with van der Waals surface area (Å²) in [5.74, 6) is -1.87. The Morgan fingerprint density at radius 2 is 1.89 bits per heavy atom. The molecule has 4 rings (SSSR count). The van der Waals surface area contributed by atoms with Gasteiger partial charge in [0.15, 0.2) is 5.11 Å². The summed E-state index contributed by atoms with van der Waals surface area (Å²) >= 11 is 19.4. The van der Waals surface area contributed by atoms with E-state index in [1.54, 1.807) is 36.4 Å². The second kappa shape index (κ2) is 11.0. The second-order valence-corrected chi connectivity index (χ2v) is 9.92. The molecule has 1 fully saturated rings. The molecule has 1 aliphatic heterocycles. The molecule has 0 saturated carbocycles. The van der Waals surface area contributed by atoms with Crippen molar-refractivity contribution in [3.05, 3.63) is 96.5 Å². The number of carboxylic acid groups (broad SMARTS) is 1. The van der Waals surface area contributed by atoms with Crippen molar-refractivity contribution < 1.29 is 24.2 Å². The van der Waals surface area contributed by atoms with E-state index in [1.807, 2.05) is 0 Å². The highest BCUT2D eigenvalue weighted by Gasteiger charge is 2.34. The Balaban J connectivity index is 1.57. The summed E-state index contributed by atoms with van der Waals surface area (Å²) < 4.78 is 6.62. The Hall–Kier alpha value is -2.99. The first kappa shape index (κ1) is 26.1. The van der Waals surface area contributed by atoms with Gasteiger partial charge in [0, 0.05) is 15.6 Å². The molecule has 0 atom stereocenters. The van der Waals surface area contributed by atoms with E-state index in [0.29, 0.717) is 21.4 Å². The lowest BCUT2D eigenvalue weighted by Crippen LogP contribution is -2.54. The van der Waals surface area contributed by atoms with Gasteiger partial charge in [0.05, 0.1) is 14.8 Å². The number of anilines is 1. The molecule has 0 spiro atoms. The maximum absolute atomic E-state index is 13.2. The molecule has 3 aromatic rings. The van der Waals surface area contributed by atoms with Crippen molar-refractivity contribution in [2.75, 3.05) is 4.90 Å². The lowest BCUT2D eigenvalue weighted by atomic mass is 10.1. The van der Waals surface area contributed by atoms with Crippen molar-refractivity contribution in [1.82, 2.24) is 5.32 Å². The summed E-state index contributed by atoms with van der Waals surface area (Å²) in [4.78, 5) is 38.2. The smallest absolute Gasteiger partial charge is 0.335 e. The number of thiocarbonyl (C=S) groups is 1. The second-order valence-electron chi connectivity index (χ2n) is 7.53. The van der Waals surface area contributed by atoms with Crippen LogP contribution in [0, 0.1) is 3.57 Å². The predicted molar refractivity (Wildman–Crippen MR) is 150 cm³/mol. The maximum atomic E-state index is 13.2. The van der Waals surface area contributed by atoms with Crippen molar-refractivity contribution in [3.8, 4) is 5.75 Å². The van der Waals surface area contributed by atoms with E-state index in [-0.39, 0.29) is 28.5 Å². The van der Waals surface area contributed by atoms with Crippen LogP contribution in [-0.4, -0.2) is 28.0 Å². The number of carboxylic acids is 1. The molecule has 36 heavy (non-hydrogen) atoms. The number of carbonyl (C=O) groups is 3. The van der Waals surface area contributed by atoms with E-state index < -0.39 is 17.8 Å². The number of hydrogen-bond donors (Lipinski definition) is 2. The third kappa shape index (κ3) is 5.70. The number of carbonyl (C=O) groups excluding carboxylic acids is 2. The minimum atomic E-state index is -1.15. The number of aromatic carboxylic acids is 1. The van der Waals surface area contributed by atoms with Crippen LogP contribution in [-0.2, 0) is 16.2 Å². The monoisotopic (exact) mass is 652 g/mol. The van der Waals surface area contributed by atoms with E-state index in [1.165, 1.54) is 30.3 Å². The molecular formula is C25H15Cl2IN2O5S. The van der Waals surface area contributed by atoms with Crippen LogP contribution in [0.3, 0.4) is 0 Å². The molecule has 2 N–H and O–H groups in total. The number of ether oxygens (including phenoxy) is 1. The van der Waals surface area contributed by atoms with E-state index in [0.717, 1.165) is 14.0 Å². The summed E-state index contributed by atoms with van der Waals surface area (Å²) in [6, 6.07) is 16.1. The van der Waals surface area contributed by atoms with Gasteiger partial charge in [-0.15, -0.1) is 0 Å². The zero-order chi connectivity index (χ0) is 26.0. The molecule has 0 bridgehead atoms. The van der Waals surface area contributed by atoms with Crippen molar-refractivity contribution in [1.29, 1.82) is 0 Å². The summed E-state index contributed by atoms with van der Waals surface area (Å²) in [5, 5.41) is 12.6. The lowest BCUT2D eigenvalue weighted by molar-refractivity contribution is -0.122. The van der Waals surface area contributed by atoms with Gasteiger partial charge >= 0.3 is 5.97 Å². The van der Waals surface area contributed by atoms with E-state index in [2.05, 4.69) is 27.9 Å². The molecule has 0 radical (unpaired) electrons. The Kier molecular flexibility index (Phi) is 7.94. The highest BCUT2D eigenvalue weighted by atomic mass is 127. The third-order valence-corrected chi connectivity index (χ3v) is 6.83. The fourth-order valence-electron chi connectivity index (χ4n) is 3.35. The lowest BCUT2D eigenvalue weighted by Gasteiger charge is -2.29. The highest BCUT2D eigenvalue weighted by Crippen LogP contribution is 2.28. The van der Waals surface area contributed by atoms with Crippen molar-refractivity contribution in [2.24, 2.45) is 0 Å². The van der Waals surface area contributed by atoms with Crippen molar-refractivity contribution in [3.63, 3.8) is 0 Å². The van der Waals surface area contributed by atoms with Gasteiger partial charge in [0.2, 0.25) is 0 Å². The maximum Gasteiger partial charge on any atom is 0.335 e. The van der Waals surface area contributed by atoms with Gasteiger partial charge in [-0.25, -0.2) is 4.79 Å². The molecule has 11 heteroatoms. The number of nitrogens with zero attached hydrogens (tertiary/aromatic N) is 1. The highest BCUT2D eigenvalue weighted by molar-refractivity contribution is 14.1. The van der Waals surface area contributed by atoms with Crippen LogP contribution >= 0.6 is 58.0 Å². The first-order valence-electron chi connectivity index (χ1n) is 10.2. The number of nitrogens with one attached hydrogen (secondary N) is 1. The minimum absolute atomic E-state index is 0.0180. The zero-order valence-electron chi connectivity index (χ0n) is 18.1. The Morgan fingerprint density at radius 3 is 2.58 bits per heavy atom. The average molecular weight is 653 g/mol. The molecule has 7 nitrogen and oxygen atoms in total. The molecule has 1 heterocycles. The quantitative estimate of drug-likeness (QED) is 0.153. The number of hydrogen-bond acceptors (Lipinski definition) is 5. The third-order valence-electron chi connectivity index (χ3n) is 5.12. The van der Waals surface area contributed by atoms with Crippen molar-refractivity contribution >= 4 is 92.7 Å². The Labute approximate surface area is 234 Å². The topological polar surface area (TPSA) is 95.9 Å². The first-order chi connectivity index (χ1) is 17.1. The molecule has 182 valence electrons. The van der Waals surface area contributed by atoms with E-state index in [4.69, 9.17) is 40.2 Å². The van der Waals surface area contributed by atoms with Gasteiger partial charge in [0.25, 0.3) is 11.8 Å². The fraction of sp³-hybridized carbons (Fsp3) is 0.0400. The molecule has 0 aliphatic carbocycles. The van der Waals surface area contributed by atoms with Crippen LogP contribution < -0.4 is 15.0 Å². The van der Waals surface area contributed by atoms with Gasteiger partial charge in [-0.3, -0.25) is 19.8 Å². The van der Waals surface area contributed by atoms with Crippen LogP contribution in [0.25, 0.3) is 6.08 Å². The Bertz CT molecular complexity index is 1460. The summed E-state index contributed by atoms with van der Waals surface area (Å²) in [6.07, 6.45) is 1.44. The number of benzene rings is 3. The number of halogens is 3. The average Bonchev–Trinajstić information content (AvgIpc) is 2.82. The van der Waals surface area contributed by atoms with Crippen LogP contribution in [0.15, 0.2) is 66.2 Å². The predicted octanol–water partition coefficient (Wildman–Crippen LogP) is 5.71. The molecular weight excluding hydrogens is 638 g/mol. The van der Waals surface area contributed by atoms with Crippen LogP contribution in [0.2, 0.25) is 10.0 Å². The fourth-order valence-corrected chi connectivity index (χ4v) is 4.79. The minimum Gasteiger partial charge on any atom is -0.488 e. The number of rotatable bonds is 6. The summed E-state index contributed by atoms with van der Waals surface area (Å²) in [6.45, 7) is 0.231. The zero-order valence-corrected chi connectivity index (χ0v) is 22.6. The standard InChI is InChI=1S/C25H15Cl2IN2O5S/c26-16-6-5-15(19(27)11-16)12-35-21-7-4-13(9-20(21)28)8-18-22(31)29-25(36)30(23(18)32)17-3-1-2-14(10-17)24(33)34/h1-11H,12H2,(H,33,34)(H,29,31,36). The molecule has 0 aromatic heterocycles. The molecule has 1 saturated heterocycles. The van der Waals surface area contributed by atoms with Crippen LogP contribution in [0.1, 0.15) is 21.5 Å². The Morgan fingerprint density at radius 1 is 1.11 bits per heavy atom. The van der Waals surface area contributed by atoms with Gasteiger partial charge in [-0.05, 0) is 88.9 Å². The van der Waals surface area contributed by atoms with E-state index in [9.17, 15) is 19.5 Å². The number of amides is 2. The molecule has 0 unspecified atom stereocenters. The van der Waals surface area contributed by atoms with Gasteiger partial charge in [-0.1, -0.05) is 41.4 Å². The van der Waals surface area contributed by atoms with Gasteiger partial charge < -0.3 is 9.84 Å². The first-order valence-corrected chi connectivity index (χ1v) is 12.5. The van der Waals surface area contributed by atoms with Gasteiger partial charge in [0.1, 0.15) is 17.9 Å². The normalized spacial score (nSPS) is 14.7. The molecule has 3 aromatic carbocycles. The van der Waals surface area contributed by atoms with Crippen LogP contribution in [0.4, 0.5) is 5.69 Å². The van der Waals surface area contributed by atoms with Crippen molar-refractivity contribution in [2.45, 2.75) is 6.61 Å². The van der Waals surface area contributed by atoms with E-state index >= 15 is 0 Å². The SMILES string of the molecule is O=C1NC(=S)N(c2cccc(C(=O)O)c2)C(=O)C1=Cc1ccc(OCc2ccc(Cl)cc2Cl)c(I)c1. The summed E-state index contributed by atoms with van der Waals surface area (Å²) in [5.41, 5.74) is 1.42. The molecule has 2 amide bonds. The summed E-state index contributed by atoms with van der Waals surface area (Å²) in [7, 11) is 0. The van der Waals surface area contributed by atoms with Gasteiger partial charge in [-0.2, -0.15) is 0 Å². The van der Waals surface area contributed by atoms with Crippen LogP contribution in [0.5, 0.6) is 5.75 Å².